The second kappa shape index (κ2) is 6.73. The van der Waals surface area contributed by atoms with Gasteiger partial charge in [-0.05, 0) is 30.2 Å². The predicted molar refractivity (Wildman–Crippen MR) is 95.5 cm³/mol. The third-order valence-electron chi connectivity index (χ3n) is 4.16. The summed E-state index contributed by atoms with van der Waals surface area (Å²) in [4.78, 5) is 12.5. The topological polar surface area (TPSA) is 55.1 Å². The maximum Gasteiger partial charge on any atom is 0.244 e. The van der Waals surface area contributed by atoms with Crippen LogP contribution in [-0.2, 0) is 15.7 Å². The third kappa shape index (κ3) is 4.12. The Morgan fingerprint density at radius 3 is 2.13 bits per heavy atom. The molecule has 0 bridgehead atoms. The van der Waals surface area contributed by atoms with E-state index in [2.05, 4.69) is 19.2 Å². The minimum atomic E-state index is -1.06. The molecule has 1 unspecified atom stereocenters. The number of halogens is 1. The normalized spacial score (nSPS) is 14.1. The van der Waals surface area contributed by atoms with Crippen LogP contribution in [0, 0.1) is 0 Å². The molecule has 0 saturated carbocycles. The van der Waals surface area contributed by atoms with Crippen molar-refractivity contribution in [1.29, 1.82) is 0 Å². The molecule has 4 heteroatoms. The summed E-state index contributed by atoms with van der Waals surface area (Å²) in [5, 5.41) is 3.68. The SMILES string of the molecule is CC(C)(CNC(=O)C(C)(N)c1ccccc1)c1ccc(Cl)cc1. The molecule has 0 saturated heterocycles. The highest BCUT2D eigenvalue weighted by Crippen LogP contribution is 2.24. The molecule has 0 aliphatic rings. The summed E-state index contributed by atoms with van der Waals surface area (Å²) in [6.07, 6.45) is 0. The second-order valence-electron chi connectivity index (χ2n) is 6.64. The highest BCUT2D eigenvalue weighted by atomic mass is 35.5. The molecule has 2 aromatic rings. The molecular weight excluding hydrogens is 308 g/mol. The van der Waals surface area contributed by atoms with Crippen molar-refractivity contribution in [2.24, 2.45) is 5.73 Å². The van der Waals surface area contributed by atoms with E-state index in [0.717, 1.165) is 11.1 Å². The number of nitrogens with one attached hydrogen (secondary N) is 1. The monoisotopic (exact) mass is 330 g/mol. The summed E-state index contributed by atoms with van der Waals surface area (Å²) in [6, 6.07) is 17.1. The molecule has 23 heavy (non-hydrogen) atoms. The van der Waals surface area contributed by atoms with E-state index in [-0.39, 0.29) is 11.3 Å². The minimum Gasteiger partial charge on any atom is -0.353 e. The van der Waals surface area contributed by atoms with Crippen molar-refractivity contribution in [1.82, 2.24) is 5.32 Å². The Hall–Kier alpha value is -1.84. The van der Waals surface area contributed by atoms with Gasteiger partial charge in [-0.3, -0.25) is 4.79 Å². The van der Waals surface area contributed by atoms with Crippen molar-refractivity contribution in [2.75, 3.05) is 6.54 Å². The van der Waals surface area contributed by atoms with Crippen LogP contribution in [0.4, 0.5) is 0 Å². The highest BCUT2D eigenvalue weighted by Gasteiger charge is 2.31. The van der Waals surface area contributed by atoms with E-state index in [0.29, 0.717) is 11.6 Å². The summed E-state index contributed by atoms with van der Waals surface area (Å²) in [6.45, 7) is 6.37. The Bertz CT molecular complexity index is 664. The fourth-order valence-electron chi connectivity index (χ4n) is 2.40. The van der Waals surface area contributed by atoms with E-state index in [4.69, 9.17) is 17.3 Å². The number of nitrogens with two attached hydrogens (primary N) is 1. The molecular formula is C19H23ClN2O. The first-order chi connectivity index (χ1) is 10.7. The largest absolute Gasteiger partial charge is 0.353 e. The van der Waals surface area contributed by atoms with Crippen LogP contribution in [0.5, 0.6) is 0 Å². The molecule has 1 atom stereocenters. The Balaban J connectivity index is 2.07. The molecule has 1 amide bonds. The molecule has 0 heterocycles. The zero-order valence-electron chi connectivity index (χ0n) is 13.8. The lowest BCUT2D eigenvalue weighted by Gasteiger charge is -2.29. The summed E-state index contributed by atoms with van der Waals surface area (Å²) < 4.78 is 0. The molecule has 0 fully saturated rings. The summed E-state index contributed by atoms with van der Waals surface area (Å²) in [5.41, 5.74) is 6.87. The average Bonchev–Trinajstić information content (AvgIpc) is 2.54. The highest BCUT2D eigenvalue weighted by molar-refractivity contribution is 6.30. The Morgan fingerprint density at radius 1 is 1.00 bits per heavy atom. The van der Waals surface area contributed by atoms with Crippen molar-refractivity contribution in [3.8, 4) is 0 Å². The van der Waals surface area contributed by atoms with Crippen molar-refractivity contribution in [3.63, 3.8) is 0 Å². The number of rotatable bonds is 5. The first kappa shape index (κ1) is 17.5. The lowest BCUT2D eigenvalue weighted by molar-refractivity contribution is -0.126. The number of hydrogen-bond donors (Lipinski definition) is 2. The number of carbonyl (C=O) groups is 1. The van der Waals surface area contributed by atoms with Gasteiger partial charge in [0.1, 0.15) is 5.54 Å². The van der Waals surface area contributed by atoms with Gasteiger partial charge in [0.15, 0.2) is 0 Å². The van der Waals surface area contributed by atoms with Gasteiger partial charge < -0.3 is 11.1 Å². The van der Waals surface area contributed by atoms with E-state index in [9.17, 15) is 4.79 Å². The van der Waals surface area contributed by atoms with Crippen LogP contribution in [-0.4, -0.2) is 12.5 Å². The van der Waals surface area contributed by atoms with Crippen LogP contribution in [0.25, 0.3) is 0 Å². The van der Waals surface area contributed by atoms with Crippen molar-refractivity contribution >= 4 is 17.5 Å². The van der Waals surface area contributed by atoms with Gasteiger partial charge in [0.2, 0.25) is 5.91 Å². The van der Waals surface area contributed by atoms with Crippen LogP contribution in [0.15, 0.2) is 54.6 Å². The van der Waals surface area contributed by atoms with E-state index < -0.39 is 5.54 Å². The van der Waals surface area contributed by atoms with Gasteiger partial charge in [0.25, 0.3) is 0 Å². The summed E-state index contributed by atoms with van der Waals surface area (Å²) in [5.74, 6) is -0.189. The standard InChI is InChI=1S/C19H23ClN2O/c1-18(2,14-9-11-16(20)12-10-14)13-22-17(23)19(3,21)15-7-5-4-6-8-15/h4-12H,13,21H2,1-3H3,(H,22,23). The fraction of sp³-hybridized carbons (Fsp3) is 0.316. The molecule has 0 radical (unpaired) electrons. The summed E-state index contributed by atoms with van der Waals surface area (Å²) in [7, 11) is 0. The first-order valence-electron chi connectivity index (χ1n) is 7.62. The van der Waals surface area contributed by atoms with E-state index in [1.54, 1.807) is 6.92 Å². The molecule has 2 aromatic carbocycles. The number of hydrogen-bond acceptors (Lipinski definition) is 2. The Morgan fingerprint density at radius 2 is 1.57 bits per heavy atom. The smallest absolute Gasteiger partial charge is 0.244 e. The quantitative estimate of drug-likeness (QED) is 0.880. The second-order valence-corrected chi connectivity index (χ2v) is 7.08. The molecule has 0 spiro atoms. The van der Waals surface area contributed by atoms with Gasteiger partial charge >= 0.3 is 0 Å². The average molecular weight is 331 g/mol. The van der Waals surface area contributed by atoms with Gasteiger partial charge in [-0.2, -0.15) is 0 Å². The molecule has 3 nitrogen and oxygen atoms in total. The van der Waals surface area contributed by atoms with Crippen LogP contribution in [0.2, 0.25) is 5.02 Å². The van der Waals surface area contributed by atoms with Crippen molar-refractivity contribution in [3.05, 3.63) is 70.7 Å². The molecule has 3 N–H and O–H groups in total. The Kier molecular flexibility index (Phi) is 5.12. The van der Waals surface area contributed by atoms with Crippen molar-refractivity contribution in [2.45, 2.75) is 31.7 Å². The number of benzene rings is 2. The lowest BCUT2D eigenvalue weighted by Crippen LogP contribution is -2.51. The molecule has 0 aromatic heterocycles. The van der Waals surface area contributed by atoms with Gasteiger partial charge in [0.05, 0.1) is 0 Å². The summed E-state index contributed by atoms with van der Waals surface area (Å²) >= 11 is 5.93. The molecule has 0 aliphatic carbocycles. The molecule has 122 valence electrons. The van der Waals surface area contributed by atoms with Gasteiger partial charge in [-0.25, -0.2) is 0 Å². The lowest BCUT2D eigenvalue weighted by atomic mass is 9.84. The molecule has 2 rings (SSSR count). The molecule has 0 aliphatic heterocycles. The van der Waals surface area contributed by atoms with Gasteiger partial charge in [0, 0.05) is 17.0 Å². The van der Waals surface area contributed by atoms with Gasteiger partial charge in [-0.1, -0.05) is 67.9 Å². The zero-order valence-corrected chi connectivity index (χ0v) is 14.5. The maximum absolute atomic E-state index is 12.5. The van der Waals surface area contributed by atoms with E-state index in [1.807, 2.05) is 54.6 Å². The maximum atomic E-state index is 12.5. The van der Waals surface area contributed by atoms with Gasteiger partial charge in [-0.15, -0.1) is 0 Å². The van der Waals surface area contributed by atoms with Crippen LogP contribution in [0.3, 0.4) is 0 Å². The minimum absolute atomic E-state index is 0.189. The van der Waals surface area contributed by atoms with Crippen LogP contribution in [0.1, 0.15) is 31.9 Å². The van der Waals surface area contributed by atoms with E-state index >= 15 is 0 Å². The zero-order chi connectivity index (χ0) is 17.1. The fourth-order valence-corrected chi connectivity index (χ4v) is 2.53. The van der Waals surface area contributed by atoms with Crippen LogP contribution >= 0.6 is 11.6 Å². The number of carbonyl (C=O) groups excluding carboxylic acids is 1. The first-order valence-corrected chi connectivity index (χ1v) is 8.00. The van der Waals surface area contributed by atoms with E-state index in [1.165, 1.54) is 0 Å². The predicted octanol–water partition coefficient (Wildman–Crippen LogP) is 3.61. The van der Waals surface area contributed by atoms with Crippen LogP contribution < -0.4 is 11.1 Å². The van der Waals surface area contributed by atoms with Crippen molar-refractivity contribution < 1.29 is 4.79 Å². The third-order valence-corrected chi connectivity index (χ3v) is 4.41. The number of amides is 1. The Labute approximate surface area is 142 Å².